The van der Waals surface area contributed by atoms with Gasteiger partial charge >= 0.3 is 0 Å². The van der Waals surface area contributed by atoms with E-state index in [0.717, 1.165) is 0 Å². The van der Waals surface area contributed by atoms with E-state index in [2.05, 4.69) is 4.98 Å². The van der Waals surface area contributed by atoms with Gasteiger partial charge in [0.1, 0.15) is 11.8 Å². The zero-order valence-corrected chi connectivity index (χ0v) is 8.98. The Hall–Kier alpha value is -2.05. The number of hydrogen-bond donors (Lipinski definition) is 0. The van der Waals surface area contributed by atoms with E-state index >= 15 is 0 Å². The van der Waals surface area contributed by atoms with Crippen molar-refractivity contribution in [2.75, 3.05) is 0 Å². The number of aromatic nitrogens is 1. The standard InChI is InChI=1S/C12H7ClN2O/c13-10-3-1-2-4-11(10)16-12-6-5-9(7-14)8-15-12/h1-6,8H. The first-order valence-corrected chi connectivity index (χ1v) is 4.96. The third-order valence-electron chi connectivity index (χ3n) is 1.92. The van der Waals surface area contributed by atoms with Gasteiger partial charge in [0, 0.05) is 12.3 Å². The third-order valence-corrected chi connectivity index (χ3v) is 2.23. The van der Waals surface area contributed by atoms with E-state index in [1.807, 2.05) is 18.2 Å². The van der Waals surface area contributed by atoms with Gasteiger partial charge in [-0.15, -0.1) is 0 Å². The molecule has 0 aliphatic carbocycles. The van der Waals surface area contributed by atoms with Gasteiger partial charge in [0.2, 0.25) is 5.88 Å². The van der Waals surface area contributed by atoms with E-state index in [1.165, 1.54) is 6.20 Å². The molecule has 0 spiro atoms. The topological polar surface area (TPSA) is 45.9 Å². The lowest BCUT2D eigenvalue weighted by molar-refractivity contribution is 0.463. The molecular formula is C12H7ClN2O. The van der Waals surface area contributed by atoms with Crippen molar-refractivity contribution >= 4 is 11.6 Å². The fourth-order valence-corrected chi connectivity index (χ4v) is 1.32. The molecule has 0 saturated carbocycles. The lowest BCUT2D eigenvalue weighted by atomic mass is 10.3. The van der Waals surface area contributed by atoms with Crippen LogP contribution < -0.4 is 4.74 Å². The number of benzene rings is 1. The van der Waals surface area contributed by atoms with Crippen molar-refractivity contribution in [1.82, 2.24) is 4.98 Å². The second-order valence-electron chi connectivity index (χ2n) is 3.03. The molecule has 0 aliphatic rings. The normalized spacial score (nSPS) is 9.50. The van der Waals surface area contributed by atoms with Crippen LogP contribution in [0.1, 0.15) is 5.56 Å². The number of para-hydroxylation sites is 1. The molecule has 0 atom stereocenters. The molecule has 0 aliphatic heterocycles. The SMILES string of the molecule is N#Cc1ccc(Oc2ccccc2Cl)nc1. The molecule has 3 nitrogen and oxygen atoms in total. The van der Waals surface area contributed by atoms with Crippen molar-refractivity contribution in [1.29, 1.82) is 5.26 Å². The molecule has 0 saturated heterocycles. The Bertz CT molecular complexity index is 531. The predicted molar refractivity (Wildman–Crippen MR) is 60.5 cm³/mol. The maximum atomic E-state index is 8.61. The van der Waals surface area contributed by atoms with Crippen LogP contribution in [0.5, 0.6) is 11.6 Å². The summed E-state index contributed by atoms with van der Waals surface area (Å²) in [7, 11) is 0. The van der Waals surface area contributed by atoms with Gasteiger partial charge in [0.05, 0.1) is 10.6 Å². The molecule has 1 heterocycles. The number of hydrogen-bond acceptors (Lipinski definition) is 3. The first kappa shape index (κ1) is 10.5. The monoisotopic (exact) mass is 230 g/mol. The highest BCUT2D eigenvalue weighted by Crippen LogP contribution is 2.27. The second-order valence-corrected chi connectivity index (χ2v) is 3.44. The van der Waals surface area contributed by atoms with Crippen molar-refractivity contribution in [3.05, 3.63) is 53.2 Å². The highest BCUT2D eigenvalue weighted by Gasteiger charge is 2.02. The molecule has 0 fully saturated rings. The first-order chi connectivity index (χ1) is 7.79. The summed E-state index contributed by atoms with van der Waals surface area (Å²) in [6.45, 7) is 0. The van der Waals surface area contributed by atoms with Crippen molar-refractivity contribution < 1.29 is 4.74 Å². The zero-order chi connectivity index (χ0) is 11.4. The average Bonchev–Trinajstić information content (AvgIpc) is 2.33. The number of rotatable bonds is 2. The van der Waals surface area contributed by atoms with E-state index in [1.54, 1.807) is 24.3 Å². The van der Waals surface area contributed by atoms with E-state index in [-0.39, 0.29) is 0 Å². The van der Waals surface area contributed by atoms with Gasteiger partial charge in [-0.3, -0.25) is 0 Å². The Morgan fingerprint density at radius 1 is 1.19 bits per heavy atom. The minimum absolute atomic E-state index is 0.409. The predicted octanol–water partition coefficient (Wildman–Crippen LogP) is 3.40. The summed E-state index contributed by atoms with van der Waals surface area (Å²) < 4.78 is 5.46. The summed E-state index contributed by atoms with van der Waals surface area (Å²) >= 11 is 5.93. The molecule has 0 amide bonds. The first-order valence-electron chi connectivity index (χ1n) is 4.58. The lowest BCUT2D eigenvalue weighted by Gasteiger charge is -2.05. The molecule has 0 radical (unpaired) electrons. The Kier molecular flexibility index (Phi) is 3.04. The molecule has 16 heavy (non-hydrogen) atoms. The summed E-state index contributed by atoms with van der Waals surface area (Å²) in [5.41, 5.74) is 0.492. The molecule has 78 valence electrons. The van der Waals surface area contributed by atoms with Crippen LogP contribution in [-0.4, -0.2) is 4.98 Å². The van der Waals surface area contributed by atoms with Crippen LogP contribution in [-0.2, 0) is 0 Å². The molecule has 2 rings (SSSR count). The molecular weight excluding hydrogens is 224 g/mol. The van der Waals surface area contributed by atoms with E-state index in [4.69, 9.17) is 21.6 Å². The molecule has 2 aromatic rings. The van der Waals surface area contributed by atoms with Crippen LogP contribution in [0.2, 0.25) is 5.02 Å². The van der Waals surface area contributed by atoms with Crippen molar-refractivity contribution in [2.24, 2.45) is 0 Å². The second kappa shape index (κ2) is 4.65. The van der Waals surface area contributed by atoms with Crippen molar-refractivity contribution in [2.45, 2.75) is 0 Å². The van der Waals surface area contributed by atoms with Crippen molar-refractivity contribution in [3.8, 4) is 17.7 Å². The fourth-order valence-electron chi connectivity index (χ4n) is 1.15. The average molecular weight is 231 g/mol. The van der Waals surface area contributed by atoms with Crippen LogP contribution in [0, 0.1) is 11.3 Å². The molecule has 4 heteroatoms. The van der Waals surface area contributed by atoms with Crippen LogP contribution in [0.25, 0.3) is 0 Å². The van der Waals surface area contributed by atoms with Crippen molar-refractivity contribution in [3.63, 3.8) is 0 Å². The summed E-state index contributed by atoms with van der Waals surface area (Å²) in [6, 6.07) is 12.4. The quantitative estimate of drug-likeness (QED) is 0.794. The number of pyridine rings is 1. The van der Waals surface area contributed by atoms with Gasteiger partial charge in [0.25, 0.3) is 0 Å². The van der Waals surface area contributed by atoms with Gasteiger partial charge in [-0.1, -0.05) is 23.7 Å². The summed E-state index contributed by atoms with van der Waals surface area (Å²) in [4.78, 5) is 3.98. The summed E-state index contributed by atoms with van der Waals surface area (Å²) in [6.07, 6.45) is 1.45. The molecule has 0 unspecified atom stereocenters. The fraction of sp³-hybridized carbons (Fsp3) is 0. The Labute approximate surface area is 97.9 Å². The number of nitriles is 1. The number of halogens is 1. The van der Waals surface area contributed by atoms with E-state index in [9.17, 15) is 0 Å². The highest BCUT2D eigenvalue weighted by molar-refractivity contribution is 6.32. The maximum Gasteiger partial charge on any atom is 0.219 e. The van der Waals surface area contributed by atoms with Crippen LogP contribution in [0.15, 0.2) is 42.6 Å². The molecule has 1 aromatic carbocycles. The summed E-state index contributed by atoms with van der Waals surface area (Å²) in [5, 5.41) is 9.13. The van der Waals surface area contributed by atoms with Gasteiger partial charge < -0.3 is 4.74 Å². The summed E-state index contributed by atoms with van der Waals surface area (Å²) in [5.74, 6) is 0.952. The molecule has 0 N–H and O–H groups in total. The highest BCUT2D eigenvalue weighted by atomic mass is 35.5. The maximum absolute atomic E-state index is 8.61. The molecule has 0 bridgehead atoms. The van der Waals surface area contributed by atoms with E-state index < -0.39 is 0 Å². The van der Waals surface area contributed by atoms with E-state index in [0.29, 0.717) is 22.2 Å². The smallest absolute Gasteiger partial charge is 0.219 e. The van der Waals surface area contributed by atoms with Gasteiger partial charge in [-0.2, -0.15) is 5.26 Å². The van der Waals surface area contributed by atoms with Gasteiger partial charge in [-0.25, -0.2) is 4.98 Å². The Balaban J connectivity index is 2.22. The zero-order valence-electron chi connectivity index (χ0n) is 8.22. The number of nitrogens with zero attached hydrogens (tertiary/aromatic N) is 2. The van der Waals surface area contributed by atoms with Crippen LogP contribution in [0.3, 0.4) is 0 Å². The van der Waals surface area contributed by atoms with Crippen LogP contribution in [0.4, 0.5) is 0 Å². The largest absolute Gasteiger partial charge is 0.437 e. The van der Waals surface area contributed by atoms with Crippen LogP contribution >= 0.6 is 11.6 Å². The number of ether oxygens (including phenoxy) is 1. The Morgan fingerprint density at radius 2 is 2.00 bits per heavy atom. The minimum Gasteiger partial charge on any atom is -0.437 e. The molecule has 1 aromatic heterocycles. The van der Waals surface area contributed by atoms with Gasteiger partial charge in [-0.05, 0) is 18.2 Å². The minimum atomic E-state index is 0.409. The Morgan fingerprint density at radius 3 is 2.62 bits per heavy atom. The van der Waals surface area contributed by atoms with Gasteiger partial charge in [0.15, 0.2) is 0 Å². The third kappa shape index (κ3) is 2.30. The lowest BCUT2D eigenvalue weighted by Crippen LogP contribution is -1.88.